The Kier molecular flexibility index (Phi) is 4.19. The first-order chi connectivity index (χ1) is 12.5. The van der Waals surface area contributed by atoms with Crippen molar-refractivity contribution >= 4 is 33.4 Å². The molecule has 1 heterocycles. The predicted octanol–water partition coefficient (Wildman–Crippen LogP) is 4.07. The maximum absolute atomic E-state index is 12.8. The topological polar surface area (TPSA) is 49.4 Å². The second-order valence-corrected chi connectivity index (χ2v) is 7.79. The van der Waals surface area contributed by atoms with Crippen molar-refractivity contribution in [1.29, 1.82) is 0 Å². The first-order valence-corrected chi connectivity index (χ1v) is 9.47. The number of carbonyl (C=O) groups excluding carboxylic acids is 2. The average molecular weight is 411 g/mol. The smallest absolute Gasteiger partial charge is 0.259 e. The minimum atomic E-state index is -0.335. The van der Waals surface area contributed by atoms with E-state index >= 15 is 0 Å². The Morgan fingerprint density at radius 1 is 1.15 bits per heavy atom. The van der Waals surface area contributed by atoms with Crippen LogP contribution < -0.4 is 5.32 Å². The summed E-state index contributed by atoms with van der Waals surface area (Å²) in [6, 6.07) is 15.4. The van der Waals surface area contributed by atoms with Crippen LogP contribution in [0.15, 0.2) is 59.6 Å². The molecule has 2 aromatic carbocycles. The number of carbonyl (C=O) groups is 2. The van der Waals surface area contributed by atoms with Gasteiger partial charge in [-0.1, -0.05) is 52.8 Å². The molecule has 1 aliphatic carbocycles. The van der Waals surface area contributed by atoms with Crippen LogP contribution in [0.5, 0.6) is 0 Å². The fraction of sp³-hybridized carbons (Fsp3) is 0.238. The van der Waals surface area contributed by atoms with Gasteiger partial charge in [0.15, 0.2) is 0 Å². The Morgan fingerprint density at radius 2 is 1.88 bits per heavy atom. The fourth-order valence-electron chi connectivity index (χ4n) is 3.75. The largest absolute Gasteiger partial charge is 0.345 e. The highest BCUT2D eigenvalue weighted by Crippen LogP contribution is 2.42. The first-order valence-electron chi connectivity index (χ1n) is 8.67. The van der Waals surface area contributed by atoms with E-state index in [4.69, 9.17) is 0 Å². The predicted molar refractivity (Wildman–Crippen MR) is 104 cm³/mol. The van der Waals surface area contributed by atoms with E-state index in [1.54, 1.807) is 6.07 Å². The van der Waals surface area contributed by atoms with E-state index in [0.29, 0.717) is 11.3 Å². The molecule has 2 amide bonds. The summed E-state index contributed by atoms with van der Waals surface area (Å²) in [5.41, 5.74) is 2.76. The summed E-state index contributed by atoms with van der Waals surface area (Å²) in [6.07, 6.45) is 2.89. The second kappa shape index (κ2) is 6.40. The molecule has 1 fully saturated rings. The third-order valence-electron chi connectivity index (χ3n) is 5.30. The molecule has 0 atom stereocenters. The highest BCUT2D eigenvalue weighted by Gasteiger charge is 2.41. The molecule has 26 heavy (non-hydrogen) atoms. The lowest BCUT2D eigenvalue weighted by Crippen LogP contribution is -2.53. The van der Waals surface area contributed by atoms with Crippen molar-refractivity contribution in [2.75, 3.05) is 6.54 Å². The van der Waals surface area contributed by atoms with Crippen LogP contribution in [-0.2, 0) is 10.3 Å². The van der Waals surface area contributed by atoms with Crippen molar-refractivity contribution in [3.8, 4) is 0 Å². The van der Waals surface area contributed by atoms with E-state index < -0.39 is 0 Å². The van der Waals surface area contributed by atoms with Crippen LogP contribution in [0.3, 0.4) is 0 Å². The van der Waals surface area contributed by atoms with Gasteiger partial charge < -0.3 is 5.32 Å². The van der Waals surface area contributed by atoms with Crippen LogP contribution in [0.25, 0.3) is 5.70 Å². The molecule has 1 aliphatic heterocycles. The number of nitrogens with zero attached hydrogens (tertiary/aromatic N) is 1. The van der Waals surface area contributed by atoms with Crippen molar-refractivity contribution in [1.82, 2.24) is 10.2 Å². The van der Waals surface area contributed by atoms with Crippen LogP contribution in [0.4, 0.5) is 0 Å². The summed E-state index contributed by atoms with van der Waals surface area (Å²) in [6.45, 7) is 3.99. The van der Waals surface area contributed by atoms with Gasteiger partial charge in [-0.05, 0) is 43.0 Å². The van der Waals surface area contributed by atoms with Gasteiger partial charge in [-0.3, -0.25) is 14.5 Å². The monoisotopic (exact) mass is 410 g/mol. The number of amides is 2. The molecule has 0 saturated heterocycles. The minimum Gasteiger partial charge on any atom is -0.345 e. The Hall–Kier alpha value is -2.40. The van der Waals surface area contributed by atoms with Gasteiger partial charge in [0, 0.05) is 21.3 Å². The lowest BCUT2D eigenvalue weighted by molar-refractivity contribution is -0.124. The van der Waals surface area contributed by atoms with Crippen LogP contribution in [0.2, 0.25) is 0 Å². The van der Waals surface area contributed by atoms with E-state index in [1.807, 2.05) is 36.4 Å². The van der Waals surface area contributed by atoms with E-state index in [1.165, 1.54) is 4.90 Å². The number of benzene rings is 2. The molecule has 2 aromatic rings. The molecular weight excluding hydrogens is 392 g/mol. The van der Waals surface area contributed by atoms with Gasteiger partial charge >= 0.3 is 0 Å². The average Bonchev–Trinajstić information content (AvgIpc) is 2.83. The fourth-order valence-corrected chi connectivity index (χ4v) is 4.15. The van der Waals surface area contributed by atoms with Crippen LogP contribution in [0, 0.1) is 0 Å². The molecule has 132 valence electrons. The molecule has 4 rings (SSSR count). The quantitative estimate of drug-likeness (QED) is 0.825. The molecule has 0 bridgehead atoms. The maximum atomic E-state index is 12.8. The second-order valence-electron chi connectivity index (χ2n) is 6.88. The van der Waals surface area contributed by atoms with Crippen LogP contribution >= 0.6 is 15.9 Å². The Balaban J connectivity index is 1.51. The third kappa shape index (κ3) is 2.76. The van der Waals surface area contributed by atoms with E-state index in [-0.39, 0.29) is 23.9 Å². The lowest BCUT2D eigenvalue weighted by atomic mass is 9.72. The number of hydrogen-bond acceptors (Lipinski definition) is 2. The van der Waals surface area contributed by atoms with Gasteiger partial charge in [0.2, 0.25) is 5.91 Å². The molecule has 0 aromatic heterocycles. The molecule has 0 radical (unpaired) electrons. The lowest BCUT2D eigenvalue weighted by Gasteiger charge is -2.43. The molecule has 5 heteroatoms. The van der Waals surface area contributed by atoms with Gasteiger partial charge in [-0.25, -0.2) is 0 Å². The van der Waals surface area contributed by atoms with Crippen molar-refractivity contribution in [2.45, 2.75) is 24.8 Å². The first kappa shape index (κ1) is 17.0. The zero-order valence-electron chi connectivity index (χ0n) is 14.3. The highest BCUT2D eigenvalue weighted by molar-refractivity contribution is 9.10. The molecule has 1 saturated carbocycles. The number of hydrogen-bond donors (Lipinski definition) is 1. The van der Waals surface area contributed by atoms with Gasteiger partial charge in [0.05, 0.1) is 5.54 Å². The SMILES string of the molecule is C=C1c2ccccc2C(=O)N1CC(=O)NC1(c2cccc(Br)c2)CCC1. The van der Waals surface area contributed by atoms with Gasteiger partial charge in [-0.2, -0.15) is 0 Å². The van der Waals surface area contributed by atoms with E-state index in [2.05, 4.69) is 33.9 Å². The molecule has 2 aliphatic rings. The van der Waals surface area contributed by atoms with Crippen molar-refractivity contribution in [3.63, 3.8) is 0 Å². The number of rotatable bonds is 4. The number of nitrogens with one attached hydrogen (secondary N) is 1. The van der Waals surface area contributed by atoms with Crippen molar-refractivity contribution in [3.05, 3.63) is 76.3 Å². The van der Waals surface area contributed by atoms with Gasteiger partial charge in [0.25, 0.3) is 5.91 Å². The summed E-state index contributed by atoms with van der Waals surface area (Å²) in [5, 5.41) is 3.17. The summed E-state index contributed by atoms with van der Waals surface area (Å²) < 4.78 is 0.995. The van der Waals surface area contributed by atoms with Crippen molar-refractivity contribution < 1.29 is 9.59 Å². The van der Waals surface area contributed by atoms with Gasteiger partial charge in [-0.15, -0.1) is 0 Å². The van der Waals surface area contributed by atoms with Gasteiger partial charge in [0.1, 0.15) is 6.54 Å². The zero-order chi connectivity index (χ0) is 18.3. The summed E-state index contributed by atoms with van der Waals surface area (Å²) >= 11 is 3.50. The summed E-state index contributed by atoms with van der Waals surface area (Å²) in [5.74, 6) is -0.321. The Bertz CT molecular complexity index is 883. The van der Waals surface area contributed by atoms with Crippen LogP contribution in [0.1, 0.15) is 40.7 Å². The number of halogens is 1. The Labute approximate surface area is 161 Å². The molecule has 1 N–H and O–H groups in total. The molecular formula is C21H19BrN2O2. The Morgan fingerprint density at radius 3 is 2.50 bits per heavy atom. The van der Waals surface area contributed by atoms with E-state index in [9.17, 15) is 9.59 Å². The van der Waals surface area contributed by atoms with E-state index in [0.717, 1.165) is 34.9 Å². The summed E-state index contributed by atoms with van der Waals surface area (Å²) in [7, 11) is 0. The normalized spacial score (nSPS) is 17.7. The molecule has 0 spiro atoms. The zero-order valence-corrected chi connectivity index (χ0v) is 15.9. The summed E-state index contributed by atoms with van der Waals surface area (Å²) in [4.78, 5) is 26.8. The van der Waals surface area contributed by atoms with Crippen molar-refractivity contribution in [2.24, 2.45) is 0 Å². The minimum absolute atomic E-state index is 0.0118. The third-order valence-corrected chi connectivity index (χ3v) is 5.80. The number of fused-ring (bicyclic) bond motifs is 1. The molecule has 0 unspecified atom stereocenters. The van der Waals surface area contributed by atoms with Crippen LogP contribution in [-0.4, -0.2) is 23.3 Å². The maximum Gasteiger partial charge on any atom is 0.259 e. The standard InChI is InChI=1S/C21H19BrN2O2/c1-14-17-8-2-3-9-18(17)20(26)24(14)13-19(25)23-21(10-5-11-21)15-6-4-7-16(22)12-15/h2-4,6-9,12H,1,5,10-11,13H2,(H,23,25). The molecule has 4 nitrogen and oxygen atoms in total. The highest BCUT2D eigenvalue weighted by atomic mass is 79.9.